The van der Waals surface area contributed by atoms with E-state index in [0.29, 0.717) is 22.3 Å². The van der Waals surface area contributed by atoms with Crippen molar-refractivity contribution in [3.63, 3.8) is 0 Å². The van der Waals surface area contributed by atoms with Crippen LogP contribution in [0.25, 0.3) is 6.08 Å². The molecule has 1 aromatic heterocycles. The smallest absolute Gasteiger partial charge is 0.248 e. The van der Waals surface area contributed by atoms with Crippen molar-refractivity contribution in [2.75, 3.05) is 17.3 Å². The Morgan fingerprint density at radius 3 is 2.47 bits per heavy atom. The first kappa shape index (κ1) is 23.2. The lowest BCUT2D eigenvalue weighted by molar-refractivity contribution is -0.116. The molecule has 0 aliphatic carbocycles. The molecule has 0 aliphatic rings. The van der Waals surface area contributed by atoms with Crippen LogP contribution < -0.4 is 15.0 Å². The van der Waals surface area contributed by atoms with Gasteiger partial charge in [-0.2, -0.15) is 0 Å². The second-order valence-electron chi connectivity index (χ2n) is 8.23. The number of methoxy groups -OCH3 is 1. The Hall–Kier alpha value is -3.45. The topological polar surface area (TPSA) is 71.5 Å². The van der Waals surface area contributed by atoms with Gasteiger partial charge in [0.25, 0.3) is 0 Å². The summed E-state index contributed by atoms with van der Waals surface area (Å²) in [4.78, 5) is 30.8. The molecule has 0 radical (unpaired) electrons. The molecule has 3 aromatic rings. The van der Waals surface area contributed by atoms with Crippen LogP contribution in [0.15, 0.2) is 60.0 Å². The van der Waals surface area contributed by atoms with Gasteiger partial charge in [0.15, 0.2) is 5.13 Å². The Morgan fingerprint density at radius 1 is 1.12 bits per heavy atom. The molecule has 0 saturated heterocycles. The van der Waals surface area contributed by atoms with E-state index in [2.05, 4.69) is 31.1 Å². The number of para-hydroxylation sites is 1. The SMILES string of the molecule is COc1ccc(C(C)(C)C)cc1NC(=O)/C=C/c1csc(N(C(C)=O)c2ccccc2)n1. The predicted molar refractivity (Wildman–Crippen MR) is 131 cm³/mol. The molecule has 3 rings (SSSR count). The van der Waals surface area contributed by atoms with E-state index in [1.165, 1.54) is 24.3 Å². The number of hydrogen-bond donors (Lipinski definition) is 1. The largest absolute Gasteiger partial charge is 0.495 e. The van der Waals surface area contributed by atoms with Gasteiger partial charge in [0.05, 0.1) is 24.2 Å². The summed E-state index contributed by atoms with van der Waals surface area (Å²) in [5.41, 5.74) is 2.98. The number of nitrogens with zero attached hydrogens (tertiary/aromatic N) is 2. The van der Waals surface area contributed by atoms with E-state index < -0.39 is 0 Å². The number of rotatable bonds is 6. The fourth-order valence-corrected chi connectivity index (χ4v) is 3.92. The van der Waals surface area contributed by atoms with Crippen molar-refractivity contribution in [3.8, 4) is 5.75 Å². The van der Waals surface area contributed by atoms with Gasteiger partial charge in [-0.25, -0.2) is 4.98 Å². The second-order valence-corrected chi connectivity index (χ2v) is 9.07. The standard InChI is InChI=1S/C25H27N3O3S/c1-17(29)28(20-9-7-6-8-10-20)24-26-19(16-32-24)12-14-23(30)27-21-15-18(25(2,3)4)11-13-22(21)31-5/h6-16H,1-5H3,(H,27,30)/b14-12+. The predicted octanol–water partition coefficient (Wildman–Crippen LogP) is 5.79. The molecule has 0 atom stereocenters. The summed E-state index contributed by atoms with van der Waals surface area (Å²) < 4.78 is 5.38. The minimum atomic E-state index is -0.296. The van der Waals surface area contributed by atoms with Gasteiger partial charge in [-0.05, 0) is 41.3 Å². The van der Waals surface area contributed by atoms with E-state index >= 15 is 0 Å². The molecule has 2 aromatic carbocycles. The first-order valence-corrected chi connectivity index (χ1v) is 11.1. The number of benzene rings is 2. The van der Waals surface area contributed by atoms with Crippen LogP contribution in [0.1, 0.15) is 39.0 Å². The van der Waals surface area contributed by atoms with Crippen LogP contribution in [0.3, 0.4) is 0 Å². The Labute approximate surface area is 192 Å². The second kappa shape index (κ2) is 9.78. The maximum absolute atomic E-state index is 12.5. The number of hydrogen-bond acceptors (Lipinski definition) is 5. The van der Waals surface area contributed by atoms with Crippen molar-refractivity contribution >= 4 is 45.7 Å². The highest BCUT2D eigenvalue weighted by Crippen LogP contribution is 2.32. The molecule has 2 amide bonds. The van der Waals surface area contributed by atoms with Crippen molar-refractivity contribution in [2.24, 2.45) is 0 Å². The maximum atomic E-state index is 12.5. The summed E-state index contributed by atoms with van der Waals surface area (Å²) in [5, 5.41) is 5.23. The average molecular weight is 450 g/mol. The van der Waals surface area contributed by atoms with Crippen LogP contribution in [0.5, 0.6) is 5.75 Å². The Morgan fingerprint density at radius 2 is 1.84 bits per heavy atom. The Balaban J connectivity index is 1.76. The van der Waals surface area contributed by atoms with Gasteiger partial charge in [0, 0.05) is 18.4 Å². The van der Waals surface area contributed by atoms with Crippen molar-refractivity contribution in [3.05, 3.63) is 71.2 Å². The number of amides is 2. The van der Waals surface area contributed by atoms with Gasteiger partial charge in [-0.3, -0.25) is 14.5 Å². The minimum absolute atomic E-state index is 0.0556. The molecule has 166 valence electrons. The molecule has 0 spiro atoms. The molecule has 6 nitrogen and oxygen atoms in total. The molecule has 1 N–H and O–H groups in total. The minimum Gasteiger partial charge on any atom is -0.495 e. The van der Waals surface area contributed by atoms with Gasteiger partial charge < -0.3 is 10.1 Å². The first-order chi connectivity index (χ1) is 15.2. The summed E-state index contributed by atoms with van der Waals surface area (Å²) in [6, 6.07) is 15.1. The third-order valence-corrected chi connectivity index (χ3v) is 5.60. The van der Waals surface area contributed by atoms with Gasteiger partial charge >= 0.3 is 0 Å². The molecule has 0 fully saturated rings. The Bertz CT molecular complexity index is 1130. The molecule has 0 unspecified atom stereocenters. The number of anilines is 3. The number of nitrogens with one attached hydrogen (secondary N) is 1. The third kappa shape index (κ3) is 5.62. The molecular formula is C25H27N3O3S. The Kier molecular flexibility index (Phi) is 7.10. The van der Waals surface area contributed by atoms with Crippen LogP contribution in [0, 0.1) is 0 Å². The fraction of sp³-hybridized carbons (Fsp3) is 0.240. The zero-order valence-electron chi connectivity index (χ0n) is 18.9. The molecule has 32 heavy (non-hydrogen) atoms. The average Bonchev–Trinajstić information content (AvgIpc) is 3.20. The van der Waals surface area contributed by atoms with E-state index in [0.717, 1.165) is 11.3 Å². The van der Waals surface area contributed by atoms with E-state index in [9.17, 15) is 9.59 Å². The number of ether oxygens (including phenoxy) is 1. The zero-order valence-corrected chi connectivity index (χ0v) is 19.7. The van der Waals surface area contributed by atoms with Gasteiger partial charge in [0.1, 0.15) is 5.75 Å². The summed E-state index contributed by atoms with van der Waals surface area (Å²) >= 11 is 1.34. The molecule has 0 saturated carbocycles. The highest BCUT2D eigenvalue weighted by Gasteiger charge is 2.18. The lowest BCUT2D eigenvalue weighted by Gasteiger charge is -2.21. The van der Waals surface area contributed by atoms with Gasteiger partial charge in [-0.1, -0.05) is 45.0 Å². The monoisotopic (exact) mass is 449 g/mol. The highest BCUT2D eigenvalue weighted by molar-refractivity contribution is 7.14. The molecule has 0 aliphatic heterocycles. The van der Waals surface area contributed by atoms with E-state index in [1.807, 2.05) is 48.5 Å². The van der Waals surface area contributed by atoms with E-state index in [1.54, 1.807) is 23.5 Å². The van der Waals surface area contributed by atoms with Crippen molar-refractivity contribution in [1.82, 2.24) is 4.98 Å². The summed E-state index contributed by atoms with van der Waals surface area (Å²) in [7, 11) is 1.57. The number of carbonyl (C=O) groups is 2. The van der Waals surface area contributed by atoms with Crippen LogP contribution in [-0.4, -0.2) is 23.9 Å². The van der Waals surface area contributed by atoms with Crippen LogP contribution in [-0.2, 0) is 15.0 Å². The van der Waals surface area contributed by atoms with E-state index in [4.69, 9.17) is 4.74 Å². The summed E-state index contributed by atoms with van der Waals surface area (Å²) in [6.07, 6.45) is 3.04. The molecule has 1 heterocycles. The highest BCUT2D eigenvalue weighted by atomic mass is 32.1. The quantitative estimate of drug-likeness (QED) is 0.484. The molecule has 0 bridgehead atoms. The molecule has 7 heteroatoms. The number of carbonyl (C=O) groups excluding carboxylic acids is 2. The maximum Gasteiger partial charge on any atom is 0.248 e. The van der Waals surface area contributed by atoms with Crippen LogP contribution >= 0.6 is 11.3 Å². The van der Waals surface area contributed by atoms with Crippen molar-refractivity contribution in [1.29, 1.82) is 0 Å². The van der Waals surface area contributed by atoms with Crippen molar-refractivity contribution in [2.45, 2.75) is 33.1 Å². The summed E-state index contributed by atoms with van der Waals surface area (Å²) in [6.45, 7) is 7.83. The van der Waals surface area contributed by atoms with Crippen LogP contribution in [0.2, 0.25) is 0 Å². The zero-order chi connectivity index (χ0) is 23.3. The lowest BCUT2D eigenvalue weighted by Crippen LogP contribution is -2.22. The van der Waals surface area contributed by atoms with Crippen molar-refractivity contribution < 1.29 is 14.3 Å². The van der Waals surface area contributed by atoms with Gasteiger partial charge in [0.2, 0.25) is 11.8 Å². The van der Waals surface area contributed by atoms with E-state index in [-0.39, 0.29) is 17.2 Å². The third-order valence-electron chi connectivity index (χ3n) is 4.76. The number of aromatic nitrogens is 1. The number of thiazole rings is 1. The van der Waals surface area contributed by atoms with Gasteiger partial charge in [-0.15, -0.1) is 11.3 Å². The van der Waals surface area contributed by atoms with Crippen LogP contribution in [0.4, 0.5) is 16.5 Å². The first-order valence-electron chi connectivity index (χ1n) is 10.2. The fourth-order valence-electron chi connectivity index (χ4n) is 3.07. The normalized spacial score (nSPS) is 11.4. The molecular weight excluding hydrogens is 422 g/mol. The lowest BCUT2D eigenvalue weighted by atomic mass is 9.87. The summed E-state index contributed by atoms with van der Waals surface area (Å²) in [5.74, 6) is 0.163.